The number of halogens is 3. The third-order valence-electron chi connectivity index (χ3n) is 3.24. The maximum Gasteiger partial charge on any atom is 0.262 e. The summed E-state index contributed by atoms with van der Waals surface area (Å²) in [5.74, 6) is -0.237. The van der Waals surface area contributed by atoms with Crippen molar-refractivity contribution in [3.05, 3.63) is 51.5 Å². The molecule has 2 aromatic carbocycles. The number of amides is 1. The van der Waals surface area contributed by atoms with Crippen LogP contribution in [0.2, 0.25) is 15.1 Å². The monoisotopic (exact) mass is 436 g/mol. The Morgan fingerprint density at radius 2 is 1.77 bits per heavy atom. The number of hydrogen-bond acceptors (Lipinski definition) is 4. The molecule has 0 aliphatic heterocycles. The van der Waals surface area contributed by atoms with E-state index in [0.717, 1.165) is 4.31 Å². The van der Waals surface area contributed by atoms with E-state index in [1.165, 1.54) is 44.4 Å². The Kier molecular flexibility index (Phi) is 6.76. The van der Waals surface area contributed by atoms with Crippen molar-refractivity contribution in [2.45, 2.75) is 4.90 Å². The first-order valence-electron chi connectivity index (χ1n) is 7.21. The molecule has 0 aromatic heterocycles. The molecular formula is C16H15Cl3N2O4S. The Labute approximate surface area is 166 Å². The quantitative estimate of drug-likeness (QED) is 0.743. The summed E-state index contributed by atoms with van der Waals surface area (Å²) in [7, 11) is -0.837. The fourth-order valence-corrected chi connectivity index (χ4v) is 3.45. The third-order valence-corrected chi connectivity index (χ3v) is 5.91. The molecule has 2 aromatic rings. The van der Waals surface area contributed by atoms with E-state index in [-0.39, 0.29) is 27.2 Å². The van der Waals surface area contributed by atoms with Crippen LogP contribution in [0.4, 0.5) is 5.69 Å². The summed E-state index contributed by atoms with van der Waals surface area (Å²) in [6.07, 6.45) is 0. The van der Waals surface area contributed by atoms with Crippen LogP contribution in [0.25, 0.3) is 0 Å². The van der Waals surface area contributed by atoms with Crippen LogP contribution in [0.1, 0.15) is 0 Å². The summed E-state index contributed by atoms with van der Waals surface area (Å²) < 4.78 is 30.7. The Morgan fingerprint density at radius 3 is 2.38 bits per heavy atom. The van der Waals surface area contributed by atoms with Gasteiger partial charge in [-0.15, -0.1) is 0 Å². The number of ether oxygens (including phenoxy) is 1. The summed E-state index contributed by atoms with van der Waals surface area (Å²) in [4.78, 5) is 12.1. The zero-order valence-corrected chi connectivity index (χ0v) is 16.9. The standard InChI is InChI=1S/C16H15Cl3N2O4S/c1-21(2)26(23,24)11-4-5-12(18)14(8-11)20-16(22)9-25-15-6-3-10(17)7-13(15)19/h3-8H,9H2,1-2H3,(H,20,22). The van der Waals surface area contributed by atoms with Crippen LogP contribution in [0, 0.1) is 0 Å². The molecule has 0 aliphatic rings. The van der Waals surface area contributed by atoms with Crippen molar-refractivity contribution >= 4 is 56.4 Å². The summed E-state index contributed by atoms with van der Waals surface area (Å²) in [6, 6.07) is 8.64. The number of benzene rings is 2. The molecule has 0 radical (unpaired) electrons. The van der Waals surface area contributed by atoms with E-state index >= 15 is 0 Å². The molecule has 0 saturated carbocycles. The predicted molar refractivity (Wildman–Crippen MR) is 103 cm³/mol. The molecule has 0 spiro atoms. The molecule has 0 fully saturated rings. The van der Waals surface area contributed by atoms with Gasteiger partial charge >= 0.3 is 0 Å². The van der Waals surface area contributed by atoms with Crippen molar-refractivity contribution < 1.29 is 17.9 Å². The summed E-state index contributed by atoms with van der Waals surface area (Å²) >= 11 is 17.8. The van der Waals surface area contributed by atoms with Gasteiger partial charge in [0.1, 0.15) is 5.75 Å². The highest BCUT2D eigenvalue weighted by molar-refractivity contribution is 7.89. The van der Waals surface area contributed by atoms with Gasteiger partial charge in [-0.05, 0) is 36.4 Å². The van der Waals surface area contributed by atoms with Crippen molar-refractivity contribution in [1.29, 1.82) is 0 Å². The van der Waals surface area contributed by atoms with Gasteiger partial charge in [-0.1, -0.05) is 34.8 Å². The van der Waals surface area contributed by atoms with Crippen molar-refractivity contribution in [2.75, 3.05) is 26.0 Å². The number of carbonyl (C=O) groups excluding carboxylic acids is 1. The third kappa shape index (κ3) is 5.02. The van der Waals surface area contributed by atoms with Crippen LogP contribution in [-0.2, 0) is 14.8 Å². The van der Waals surface area contributed by atoms with Crippen molar-refractivity contribution in [3.8, 4) is 5.75 Å². The highest BCUT2D eigenvalue weighted by Crippen LogP contribution is 2.28. The molecule has 0 atom stereocenters. The average Bonchev–Trinajstić information content (AvgIpc) is 2.55. The Hall–Kier alpha value is -1.51. The van der Waals surface area contributed by atoms with Crippen LogP contribution in [0.5, 0.6) is 5.75 Å². The molecule has 0 bridgehead atoms. The second-order valence-corrected chi connectivity index (χ2v) is 8.74. The molecule has 1 amide bonds. The van der Waals surface area contributed by atoms with E-state index in [9.17, 15) is 13.2 Å². The molecule has 26 heavy (non-hydrogen) atoms. The van der Waals surface area contributed by atoms with Crippen LogP contribution in [-0.4, -0.2) is 39.3 Å². The van der Waals surface area contributed by atoms with Gasteiger partial charge in [-0.3, -0.25) is 4.79 Å². The molecule has 0 saturated heterocycles. The van der Waals surface area contributed by atoms with E-state index in [4.69, 9.17) is 39.5 Å². The lowest BCUT2D eigenvalue weighted by molar-refractivity contribution is -0.118. The van der Waals surface area contributed by atoms with Crippen molar-refractivity contribution in [1.82, 2.24) is 4.31 Å². The lowest BCUT2D eigenvalue weighted by atomic mass is 10.3. The van der Waals surface area contributed by atoms with Crippen LogP contribution in [0.3, 0.4) is 0 Å². The van der Waals surface area contributed by atoms with Crippen molar-refractivity contribution in [3.63, 3.8) is 0 Å². The lowest BCUT2D eigenvalue weighted by Crippen LogP contribution is -2.23. The van der Waals surface area contributed by atoms with Crippen LogP contribution in [0.15, 0.2) is 41.3 Å². The second kappa shape index (κ2) is 8.45. The maximum absolute atomic E-state index is 12.2. The zero-order chi connectivity index (χ0) is 19.5. The zero-order valence-electron chi connectivity index (χ0n) is 13.8. The fourth-order valence-electron chi connectivity index (χ4n) is 1.89. The smallest absolute Gasteiger partial charge is 0.262 e. The number of hydrogen-bond donors (Lipinski definition) is 1. The van der Waals surface area contributed by atoms with E-state index in [0.29, 0.717) is 10.8 Å². The molecule has 1 N–H and O–H groups in total. The average molecular weight is 438 g/mol. The minimum atomic E-state index is -3.65. The molecule has 2 rings (SSSR count). The number of rotatable bonds is 6. The van der Waals surface area contributed by atoms with Gasteiger partial charge < -0.3 is 10.1 Å². The minimum Gasteiger partial charge on any atom is -0.482 e. The first-order valence-corrected chi connectivity index (χ1v) is 9.78. The number of nitrogens with one attached hydrogen (secondary N) is 1. The van der Waals surface area contributed by atoms with Gasteiger partial charge in [0, 0.05) is 19.1 Å². The van der Waals surface area contributed by atoms with E-state index < -0.39 is 15.9 Å². The normalized spacial score (nSPS) is 11.5. The van der Waals surface area contributed by atoms with Crippen LogP contribution >= 0.6 is 34.8 Å². The van der Waals surface area contributed by atoms with E-state index in [1.807, 2.05) is 0 Å². The SMILES string of the molecule is CN(C)S(=O)(=O)c1ccc(Cl)c(NC(=O)COc2ccc(Cl)cc2Cl)c1. The molecule has 0 unspecified atom stereocenters. The molecule has 0 aliphatic carbocycles. The van der Waals surface area contributed by atoms with Gasteiger partial charge in [0.2, 0.25) is 10.0 Å². The van der Waals surface area contributed by atoms with Crippen LogP contribution < -0.4 is 10.1 Å². The lowest BCUT2D eigenvalue weighted by Gasteiger charge is -2.14. The largest absolute Gasteiger partial charge is 0.482 e. The van der Waals surface area contributed by atoms with Gasteiger partial charge in [0.15, 0.2) is 6.61 Å². The maximum atomic E-state index is 12.2. The molecule has 140 valence electrons. The topological polar surface area (TPSA) is 75.7 Å². The number of carbonyl (C=O) groups is 1. The van der Waals surface area contributed by atoms with Crippen molar-refractivity contribution in [2.24, 2.45) is 0 Å². The van der Waals surface area contributed by atoms with E-state index in [2.05, 4.69) is 5.32 Å². The van der Waals surface area contributed by atoms with Gasteiger partial charge in [-0.25, -0.2) is 12.7 Å². The number of sulfonamides is 1. The second-order valence-electron chi connectivity index (χ2n) is 5.34. The number of anilines is 1. The molecule has 6 nitrogen and oxygen atoms in total. The molecule has 0 heterocycles. The minimum absolute atomic E-state index is 0.00358. The first-order chi connectivity index (χ1) is 12.1. The fraction of sp³-hybridized carbons (Fsp3) is 0.188. The molecular weight excluding hydrogens is 423 g/mol. The van der Waals surface area contributed by atoms with Gasteiger partial charge in [-0.2, -0.15) is 0 Å². The molecule has 10 heteroatoms. The predicted octanol–water partition coefficient (Wildman–Crippen LogP) is 3.91. The number of nitrogens with zero attached hydrogens (tertiary/aromatic N) is 1. The Balaban J connectivity index is 2.11. The summed E-state index contributed by atoms with van der Waals surface area (Å²) in [5.41, 5.74) is 0.158. The summed E-state index contributed by atoms with van der Waals surface area (Å²) in [6.45, 7) is -0.345. The highest BCUT2D eigenvalue weighted by Gasteiger charge is 2.19. The Bertz CT molecular complexity index is 933. The van der Waals surface area contributed by atoms with Gasteiger partial charge in [0.05, 0.1) is 20.6 Å². The highest BCUT2D eigenvalue weighted by atomic mass is 35.5. The van der Waals surface area contributed by atoms with E-state index in [1.54, 1.807) is 6.07 Å². The Morgan fingerprint density at radius 1 is 1.08 bits per heavy atom. The van der Waals surface area contributed by atoms with Gasteiger partial charge in [0.25, 0.3) is 5.91 Å². The first kappa shape index (κ1) is 20.8. The summed E-state index contributed by atoms with van der Waals surface area (Å²) in [5, 5.41) is 3.42.